The van der Waals surface area contributed by atoms with Crippen LogP contribution < -0.4 is 11.3 Å². The van der Waals surface area contributed by atoms with E-state index in [0.29, 0.717) is 11.4 Å². The van der Waals surface area contributed by atoms with Gasteiger partial charge in [0.25, 0.3) is 17.2 Å². The van der Waals surface area contributed by atoms with Crippen molar-refractivity contribution in [1.29, 1.82) is 0 Å². The molecule has 0 spiro atoms. The average molecular weight is 412 g/mol. The summed E-state index contributed by atoms with van der Waals surface area (Å²) in [6.07, 6.45) is 0.878. The fourth-order valence-corrected chi connectivity index (χ4v) is 3.30. The van der Waals surface area contributed by atoms with Crippen LogP contribution >= 0.6 is 0 Å². The number of para-hydroxylation sites is 1. The third-order valence-electron chi connectivity index (χ3n) is 4.69. The van der Waals surface area contributed by atoms with Crippen LogP contribution in [0.1, 0.15) is 32.1 Å². The fourth-order valence-electron chi connectivity index (χ4n) is 3.30. The predicted molar refractivity (Wildman–Crippen MR) is 105 cm³/mol. The standard InChI is InChI=1S/C20H17FN4O5/c1-11-7-14(12(2)24(11)17-6-4-3-5-16(17)21)18(26)10-23-9-13(25(29)30)8-15(19(22)27)20(23)28/h3-9H,10H2,1-2H3,(H2,22,27). The molecule has 10 heteroatoms. The number of pyridine rings is 1. The van der Waals surface area contributed by atoms with Gasteiger partial charge in [-0.05, 0) is 32.0 Å². The Hall–Kier alpha value is -4.08. The summed E-state index contributed by atoms with van der Waals surface area (Å²) >= 11 is 0. The number of ketones is 1. The molecule has 1 amide bonds. The van der Waals surface area contributed by atoms with Gasteiger partial charge < -0.3 is 14.9 Å². The van der Waals surface area contributed by atoms with Crippen LogP contribution in [0.3, 0.4) is 0 Å². The zero-order valence-corrected chi connectivity index (χ0v) is 16.1. The maximum Gasteiger partial charge on any atom is 0.286 e. The number of nitrogens with zero attached hydrogens (tertiary/aromatic N) is 3. The summed E-state index contributed by atoms with van der Waals surface area (Å²) in [7, 11) is 0. The van der Waals surface area contributed by atoms with Crippen LogP contribution in [-0.2, 0) is 6.54 Å². The highest BCUT2D eigenvalue weighted by molar-refractivity contribution is 5.98. The number of aromatic nitrogens is 2. The van der Waals surface area contributed by atoms with Crippen molar-refractivity contribution in [2.24, 2.45) is 5.73 Å². The highest BCUT2D eigenvalue weighted by Gasteiger charge is 2.22. The first-order valence-corrected chi connectivity index (χ1v) is 8.77. The minimum absolute atomic E-state index is 0.217. The Morgan fingerprint density at radius 1 is 1.17 bits per heavy atom. The van der Waals surface area contributed by atoms with Crippen LogP contribution in [0.25, 0.3) is 5.69 Å². The van der Waals surface area contributed by atoms with E-state index < -0.39 is 45.8 Å². The summed E-state index contributed by atoms with van der Waals surface area (Å²) < 4.78 is 16.6. The molecule has 1 aromatic carbocycles. The molecule has 9 nitrogen and oxygen atoms in total. The number of Topliss-reactive ketones (excluding diaryl/α,β-unsaturated/α-hetero) is 1. The number of amides is 1. The van der Waals surface area contributed by atoms with E-state index in [1.165, 1.54) is 6.07 Å². The molecule has 3 aromatic rings. The molecule has 0 fully saturated rings. The Bertz CT molecular complexity index is 1260. The monoisotopic (exact) mass is 412 g/mol. The minimum Gasteiger partial charge on any atom is -0.365 e. The molecule has 0 aliphatic rings. The number of carbonyl (C=O) groups excluding carboxylic acids is 2. The lowest BCUT2D eigenvalue weighted by Crippen LogP contribution is -2.31. The molecule has 154 valence electrons. The lowest BCUT2D eigenvalue weighted by atomic mass is 10.1. The smallest absolute Gasteiger partial charge is 0.286 e. The quantitative estimate of drug-likeness (QED) is 0.377. The summed E-state index contributed by atoms with van der Waals surface area (Å²) in [5, 5.41) is 11.1. The summed E-state index contributed by atoms with van der Waals surface area (Å²) in [5.74, 6) is -2.15. The van der Waals surface area contributed by atoms with E-state index in [-0.39, 0.29) is 11.3 Å². The number of aryl methyl sites for hydroxylation is 1. The van der Waals surface area contributed by atoms with Crippen molar-refractivity contribution >= 4 is 17.4 Å². The molecule has 0 aliphatic heterocycles. The molecule has 30 heavy (non-hydrogen) atoms. The summed E-state index contributed by atoms with van der Waals surface area (Å²) in [4.78, 5) is 47.0. The highest BCUT2D eigenvalue weighted by atomic mass is 19.1. The zero-order chi connectivity index (χ0) is 22.2. The molecular formula is C20H17FN4O5. The second-order valence-electron chi connectivity index (χ2n) is 6.66. The fraction of sp³-hybridized carbons (Fsp3) is 0.150. The molecule has 0 saturated carbocycles. The maximum absolute atomic E-state index is 14.2. The van der Waals surface area contributed by atoms with Gasteiger partial charge in [-0.25, -0.2) is 4.39 Å². The second-order valence-corrected chi connectivity index (χ2v) is 6.66. The van der Waals surface area contributed by atoms with Gasteiger partial charge in [0.1, 0.15) is 11.4 Å². The Balaban J connectivity index is 2.05. The third kappa shape index (κ3) is 3.62. The molecule has 0 bridgehead atoms. The number of primary amides is 1. The van der Waals surface area contributed by atoms with Crippen molar-refractivity contribution in [3.05, 3.63) is 91.4 Å². The van der Waals surface area contributed by atoms with Crippen molar-refractivity contribution in [3.63, 3.8) is 0 Å². The van der Waals surface area contributed by atoms with Crippen molar-refractivity contribution in [2.45, 2.75) is 20.4 Å². The van der Waals surface area contributed by atoms with Gasteiger partial charge in [0.15, 0.2) is 5.78 Å². The highest BCUT2D eigenvalue weighted by Crippen LogP contribution is 2.23. The molecule has 2 N–H and O–H groups in total. The van der Waals surface area contributed by atoms with Gasteiger partial charge >= 0.3 is 0 Å². The molecule has 0 saturated heterocycles. The Labute approximate surface area is 169 Å². The Kier molecular flexibility index (Phi) is 5.33. The molecule has 0 aliphatic carbocycles. The van der Waals surface area contributed by atoms with E-state index in [4.69, 9.17) is 5.73 Å². The van der Waals surface area contributed by atoms with E-state index in [0.717, 1.165) is 16.8 Å². The first-order valence-electron chi connectivity index (χ1n) is 8.77. The Morgan fingerprint density at radius 3 is 2.43 bits per heavy atom. The van der Waals surface area contributed by atoms with Crippen LogP contribution in [0.5, 0.6) is 0 Å². The van der Waals surface area contributed by atoms with Gasteiger partial charge in [-0.2, -0.15) is 0 Å². The van der Waals surface area contributed by atoms with Gasteiger partial charge in [0.05, 0.1) is 23.4 Å². The van der Waals surface area contributed by atoms with E-state index in [1.54, 1.807) is 42.7 Å². The third-order valence-corrected chi connectivity index (χ3v) is 4.69. The van der Waals surface area contributed by atoms with Crippen molar-refractivity contribution < 1.29 is 18.9 Å². The minimum atomic E-state index is -1.14. The summed E-state index contributed by atoms with van der Waals surface area (Å²) in [5.41, 5.74) is 4.58. The first-order chi connectivity index (χ1) is 14.1. The van der Waals surface area contributed by atoms with Crippen LogP contribution in [0.2, 0.25) is 0 Å². The lowest BCUT2D eigenvalue weighted by Gasteiger charge is -2.11. The number of benzene rings is 1. The largest absolute Gasteiger partial charge is 0.365 e. The molecule has 3 rings (SSSR count). The average Bonchev–Trinajstić information content (AvgIpc) is 2.97. The molecule has 2 heterocycles. The van der Waals surface area contributed by atoms with Gasteiger partial charge in [0, 0.05) is 23.0 Å². The maximum atomic E-state index is 14.2. The number of halogens is 1. The number of hydrogen-bond acceptors (Lipinski definition) is 5. The second kappa shape index (κ2) is 7.74. The van der Waals surface area contributed by atoms with E-state index >= 15 is 0 Å². The lowest BCUT2D eigenvalue weighted by molar-refractivity contribution is -0.385. The molecular weight excluding hydrogens is 395 g/mol. The van der Waals surface area contributed by atoms with Crippen LogP contribution in [0.4, 0.5) is 10.1 Å². The number of nitrogens with two attached hydrogens (primary N) is 1. The van der Waals surface area contributed by atoms with E-state index in [9.17, 15) is 28.9 Å². The van der Waals surface area contributed by atoms with Crippen LogP contribution in [-0.4, -0.2) is 25.7 Å². The summed E-state index contributed by atoms with van der Waals surface area (Å²) in [6, 6.07) is 8.38. The number of carbonyl (C=O) groups is 2. The predicted octanol–water partition coefficient (Wildman–Crippen LogP) is 2.28. The first kappa shape index (κ1) is 20.6. The number of nitro groups is 1. The van der Waals surface area contributed by atoms with Crippen molar-refractivity contribution in [2.75, 3.05) is 0 Å². The van der Waals surface area contributed by atoms with Crippen molar-refractivity contribution in [3.8, 4) is 5.69 Å². The number of rotatable bonds is 6. The molecule has 0 unspecified atom stereocenters. The topological polar surface area (TPSA) is 130 Å². The van der Waals surface area contributed by atoms with Crippen LogP contribution in [0, 0.1) is 29.8 Å². The van der Waals surface area contributed by atoms with Crippen LogP contribution in [0.15, 0.2) is 47.4 Å². The summed E-state index contributed by atoms with van der Waals surface area (Å²) in [6.45, 7) is 2.76. The molecule has 0 atom stereocenters. The van der Waals surface area contributed by atoms with E-state index in [1.807, 2.05) is 0 Å². The SMILES string of the molecule is Cc1cc(C(=O)Cn2cc([N+](=O)[O-])cc(C(N)=O)c2=O)c(C)n1-c1ccccc1F. The number of hydrogen-bond donors (Lipinski definition) is 1. The van der Waals surface area contributed by atoms with E-state index in [2.05, 4.69) is 0 Å². The van der Waals surface area contributed by atoms with Gasteiger partial charge in [-0.15, -0.1) is 0 Å². The Morgan fingerprint density at radius 2 is 1.83 bits per heavy atom. The van der Waals surface area contributed by atoms with Crippen molar-refractivity contribution in [1.82, 2.24) is 9.13 Å². The normalized spacial score (nSPS) is 10.8. The molecule has 2 aromatic heterocycles. The zero-order valence-electron chi connectivity index (χ0n) is 16.1. The van der Waals surface area contributed by atoms with Gasteiger partial charge in [0.2, 0.25) is 0 Å². The molecule has 0 radical (unpaired) electrons. The van der Waals surface area contributed by atoms with Gasteiger partial charge in [-0.3, -0.25) is 24.5 Å². The van der Waals surface area contributed by atoms with Gasteiger partial charge in [-0.1, -0.05) is 12.1 Å².